The van der Waals surface area contributed by atoms with E-state index in [9.17, 15) is 13.2 Å². The second kappa shape index (κ2) is 8.54. The molecule has 0 bridgehead atoms. The Kier molecular flexibility index (Phi) is 6.13. The highest BCUT2D eigenvalue weighted by Gasteiger charge is 2.29. The molecule has 0 aromatic heterocycles. The number of rotatable bonds is 7. The lowest BCUT2D eigenvalue weighted by Gasteiger charge is -2.18. The minimum absolute atomic E-state index is 0.0323. The summed E-state index contributed by atoms with van der Waals surface area (Å²) in [7, 11) is -1.37. The Bertz CT molecular complexity index is 867. The van der Waals surface area contributed by atoms with Crippen LogP contribution in [0, 0.1) is 0 Å². The molecular formula is C20H25N2O4S+. The molecule has 3 N–H and O–H groups in total. The van der Waals surface area contributed by atoms with Crippen LogP contribution in [0.25, 0.3) is 0 Å². The van der Waals surface area contributed by atoms with Gasteiger partial charge in [0.2, 0.25) is 0 Å². The van der Waals surface area contributed by atoms with Gasteiger partial charge in [-0.2, -0.15) is 0 Å². The molecule has 3 rings (SSSR count). The Morgan fingerprint density at radius 2 is 1.81 bits per heavy atom. The zero-order valence-corrected chi connectivity index (χ0v) is 16.1. The predicted molar refractivity (Wildman–Crippen MR) is 103 cm³/mol. The fourth-order valence-corrected chi connectivity index (χ4v) is 5.03. The van der Waals surface area contributed by atoms with Gasteiger partial charge in [-0.15, -0.1) is 0 Å². The Hall–Kier alpha value is -2.38. The molecule has 0 radical (unpaired) electrons. The zero-order valence-electron chi connectivity index (χ0n) is 15.3. The molecule has 1 amide bonds. The average molecular weight is 389 g/mol. The normalized spacial score (nSPS) is 19.4. The summed E-state index contributed by atoms with van der Waals surface area (Å²) in [6, 6.07) is 17.5. The van der Waals surface area contributed by atoms with E-state index < -0.39 is 9.84 Å². The summed E-state index contributed by atoms with van der Waals surface area (Å²) >= 11 is 0. The van der Waals surface area contributed by atoms with E-state index in [1.807, 2.05) is 59.9 Å². The topological polar surface area (TPSA) is 89.1 Å². The van der Waals surface area contributed by atoms with Gasteiger partial charge >= 0.3 is 0 Å². The average Bonchev–Trinajstić information content (AvgIpc) is 3.01. The molecule has 2 atom stereocenters. The van der Waals surface area contributed by atoms with Crippen molar-refractivity contribution in [3.8, 4) is 5.75 Å². The van der Waals surface area contributed by atoms with Crippen LogP contribution in [0.3, 0.4) is 0 Å². The van der Waals surface area contributed by atoms with Crippen LogP contribution in [-0.4, -0.2) is 45.5 Å². The van der Waals surface area contributed by atoms with Crippen molar-refractivity contribution in [2.45, 2.75) is 18.5 Å². The summed E-state index contributed by atoms with van der Waals surface area (Å²) < 4.78 is 28.3. The lowest BCUT2D eigenvalue weighted by Crippen LogP contribution is -2.88. The lowest BCUT2D eigenvalue weighted by molar-refractivity contribution is -0.676. The minimum atomic E-state index is -3.00. The van der Waals surface area contributed by atoms with Crippen LogP contribution in [-0.2, 0) is 14.6 Å². The lowest BCUT2D eigenvalue weighted by atomic mass is 9.98. The van der Waals surface area contributed by atoms with Crippen molar-refractivity contribution in [1.29, 1.82) is 0 Å². The summed E-state index contributed by atoms with van der Waals surface area (Å²) in [6.07, 6.45) is 0.495. The first kappa shape index (κ1) is 19.4. The first-order valence-electron chi connectivity index (χ1n) is 8.99. The third-order valence-corrected chi connectivity index (χ3v) is 6.54. The zero-order chi connectivity index (χ0) is 19.3. The fraction of sp³-hybridized carbons (Fsp3) is 0.350. The van der Waals surface area contributed by atoms with Crippen molar-refractivity contribution in [3.63, 3.8) is 0 Å². The van der Waals surface area contributed by atoms with Crippen LogP contribution < -0.4 is 15.4 Å². The van der Waals surface area contributed by atoms with Gasteiger partial charge in [-0.1, -0.05) is 30.3 Å². The maximum atomic E-state index is 12.3. The van der Waals surface area contributed by atoms with Crippen molar-refractivity contribution in [1.82, 2.24) is 5.32 Å². The standard InChI is InChI=1S/C20H24N2O4S/c1-26-18-9-7-16(8-10-18)20(15-5-3-2-4-6-15)21-13-19(23)22-17-11-12-27(24,25)14-17/h2-10,17,20-21H,11-14H2,1H3,(H,22,23)/p+1/t17-,20-/m1/s1. The van der Waals surface area contributed by atoms with Crippen molar-refractivity contribution < 1.29 is 23.3 Å². The quantitative estimate of drug-likeness (QED) is 0.728. The van der Waals surface area contributed by atoms with Crippen LogP contribution in [0.1, 0.15) is 23.6 Å². The van der Waals surface area contributed by atoms with Gasteiger partial charge in [0.1, 0.15) is 11.8 Å². The number of methoxy groups -OCH3 is 1. The van der Waals surface area contributed by atoms with E-state index in [4.69, 9.17) is 4.74 Å². The fourth-order valence-electron chi connectivity index (χ4n) is 3.36. The molecule has 0 aliphatic carbocycles. The molecule has 1 fully saturated rings. The number of hydrogen-bond acceptors (Lipinski definition) is 4. The maximum Gasteiger partial charge on any atom is 0.275 e. The molecule has 7 heteroatoms. The van der Waals surface area contributed by atoms with E-state index in [0.717, 1.165) is 16.9 Å². The Morgan fingerprint density at radius 1 is 1.15 bits per heavy atom. The number of nitrogens with two attached hydrogens (primary N) is 1. The van der Waals surface area contributed by atoms with E-state index in [2.05, 4.69) is 5.32 Å². The number of benzene rings is 2. The number of sulfone groups is 1. The van der Waals surface area contributed by atoms with Crippen LogP contribution in [0.5, 0.6) is 5.75 Å². The Balaban J connectivity index is 1.67. The molecule has 0 saturated carbocycles. The summed E-state index contributed by atoms with van der Waals surface area (Å²) in [4.78, 5) is 12.3. The SMILES string of the molecule is COc1ccc([C@H]([NH2+]CC(=O)N[C@@H]2CCS(=O)(=O)C2)c2ccccc2)cc1. The summed E-state index contributed by atoms with van der Waals surface area (Å²) in [6.45, 7) is 0.224. The van der Waals surface area contributed by atoms with Crippen molar-refractivity contribution >= 4 is 15.7 Å². The molecule has 1 aliphatic heterocycles. The van der Waals surface area contributed by atoms with Crippen LogP contribution >= 0.6 is 0 Å². The third-order valence-electron chi connectivity index (χ3n) is 4.77. The molecule has 0 spiro atoms. The van der Waals surface area contributed by atoms with Gasteiger partial charge in [0.25, 0.3) is 5.91 Å². The first-order chi connectivity index (χ1) is 13.0. The van der Waals surface area contributed by atoms with Crippen LogP contribution in [0.2, 0.25) is 0 Å². The number of carbonyl (C=O) groups excluding carboxylic acids is 1. The van der Waals surface area contributed by atoms with E-state index >= 15 is 0 Å². The molecule has 2 aromatic carbocycles. The summed E-state index contributed by atoms with van der Waals surface area (Å²) in [5, 5.41) is 4.81. The smallest absolute Gasteiger partial charge is 0.275 e. The van der Waals surface area contributed by atoms with Gasteiger partial charge in [-0.3, -0.25) is 4.79 Å². The highest BCUT2D eigenvalue weighted by molar-refractivity contribution is 7.91. The van der Waals surface area contributed by atoms with E-state index in [1.165, 1.54) is 0 Å². The second-order valence-corrected chi connectivity index (χ2v) is 9.00. The van der Waals surface area contributed by atoms with Gasteiger partial charge in [-0.05, 0) is 30.7 Å². The van der Waals surface area contributed by atoms with Crippen LogP contribution in [0.4, 0.5) is 0 Å². The monoisotopic (exact) mass is 389 g/mol. The second-order valence-electron chi connectivity index (χ2n) is 6.77. The number of quaternary nitrogens is 1. The van der Waals surface area contributed by atoms with E-state index in [1.54, 1.807) is 7.11 Å². The van der Waals surface area contributed by atoms with Crippen LogP contribution in [0.15, 0.2) is 54.6 Å². The number of carbonyl (C=O) groups is 1. The Labute approximate surface area is 159 Å². The maximum absolute atomic E-state index is 12.3. The van der Waals surface area contributed by atoms with Gasteiger partial charge in [0, 0.05) is 17.2 Å². The molecular weight excluding hydrogens is 364 g/mol. The summed E-state index contributed by atoms with van der Waals surface area (Å²) in [5.41, 5.74) is 2.16. The molecule has 6 nitrogen and oxygen atoms in total. The van der Waals surface area contributed by atoms with Gasteiger partial charge in [0.05, 0.1) is 18.6 Å². The van der Waals surface area contributed by atoms with E-state index in [-0.39, 0.29) is 36.0 Å². The van der Waals surface area contributed by atoms with Gasteiger partial charge < -0.3 is 15.4 Å². The van der Waals surface area contributed by atoms with Gasteiger partial charge in [-0.25, -0.2) is 8.42 Å². The Morgan fingerprint density at radius 3 is 2.41 bits per heavy atom. The summed E-state index contributed by atoms with van der Waals surface area (Å²) in [5.74, 6) is 0.830. The highest BCUT2D eigenvalue weighted by Crippen LogP contribution is 2.21. The van der Waals surface area contributed by atoms with Crippen molar-refractivity contribution in [3.05, 3.63) is 65.7 Å². The molecule has 1 aliphatic rings. The number of amides is 1. The minimum Gasteiger partial charge on any atom is -0.497 e. The van der Waals surface area contributed by atoms with Crippen molar-refractivity contribution in [2.75, 3.05) is 25.2 Å². The number of ether oxygens (including phenoxy) is 1. The van der Waals surface area contributed by atoms with Crippen molar-refractivity contribution in [2.24, 2.45) is 0 Å². The number of nitrogens with one attached hydrogen (secondary N) is 1. The number of hydrogen-bond donors (Lipinski definition) is 2. The highest BCUT2D eigenvalue weighted by atomic mass is 32.2. The molecule has 27 heavy (non-hydrogen) atoms. The first-order valence-corrected chi connectivity index (χ1v) is 10.8. The molecule has 1 heterocycles. The molecule has 0 unspecified atom stereocenters. The third kappa shape index (κ3) is 5.30. The predicted octanol–water partition coefficient (Wildman–Crippen LogP) is 0.651. The molecule has 1 saturated heterocycles. The van der Waals surface area contributed by atoms with Gasteiger partial charge in [0.15, 0.2) is 16.4 Å². The largest absolute Gasteiger partial charge is 0.497 e. The molecule has 144 valence electrons. The molecule has 2 aromatic rings. The van der Waals surface area contributed by atoms with E-state index in [0.29, 0.717) is 6.42 Å².